The van der Waals surface area contributed by atoms with Crippen molar-refractivity contribution < 1.29 is 4.39 Å². The third-order valence-corrected chi connectivity index (χ3v) is 3.54. The molecule has 3 nitrogen and oxygen atoms in total. The number of hydrogen-bond acceptors (Lipinski definition) is 2. The molecule has 0 radical (unpaired) electrons. The largest absolute Gasteiger partial charge is 0.369 e. The Morgan fingerprint density at radius 2 is 1.89 bits per heavy atom. The monoisotopic (exact) mass is 319 g/mol. The summed E-state index contributed by atoms with van der Waals surface area (Å²) in [6.07, 6.45) is 0. The van der Waals surface area contributed by atoms with Gasteiger partial charge in [0.1, 0.15) is 5.52 Å². The van der Waals surface area contributed by atoms with Gasteiger partial charge in [0.05, 0.1) is 12.1 Å². The molecule has 96 valence electrons. The van der Waals surface area contributed by atoms with Crippen LogP contribution >= 0.6 is 15.9 Å². The summed E-state index contributed by atoms with van der Waals surface area (Å²) < 4.78 is 16.5. The minimum absolute atomic E-state index is 0.317. The zero-order chi connectivity index (χ0) is 13.4. The van der Waals surface area contributed by atoms with Gasteiger partial charge in [0.2, 0.25) is 5.95 Å². The molecule has 0 saturated heterocycles. The Kier molecular flexibility index (Phi) is 2.98. The summed E-state index contributed by atoms with van der Waals surface area (Å²) in [7, 11) is 0. The molecule has 0 saturated carbocycles. The first-order valence-electron chi connectivity index (χ1n) is 5.80. The molecule has 0 bridgehead atoms. The highest BCUT2D eigenvalue weighted by Gasteiger charge is 2.11. The molecule has 2 N–H and O–H groups in total. The van der Waals surface area contributed by atoms with Crippen LogP contribution in [0.3, 0.4) is 0 Å². The van der Waals surface area contributed by atoms with Crippen LogP contribution in [0, 0.1) is 5.82 Å². The van der Waals surface area contributed by atoms with Gasteiger partial charge in [-0.2, -0.15) is 0 Å². The van der Waals surface area contributed by atoms with Crippen LogP contribution in [0.2, 0.25) is 0 Å². The second-order valence-electron chi connectivity index (χ2n) is 4.29. The normalized spacial score (nSPS) is 11.1. The highest BCUT2D eigenvalue weighted by atomic mass is 79.9. The molecule has 1 aromatic heterocycles. The fourth-order valence-electron chi connectivity index (χ4n) is 2.07. The number of imidazole rings is 1. The number of rotatable bonds is 2. The Morgan fingerprint density at radius 1 is 1.16 bits per heavy atom. The zero-order valence-electron chi connectivity index (χ0n) is 9.98. The summed E-state index contributed by atoms with van der Waals surface area (Å²) >= 11 is 3.39. The summed E-state index contributed by atoms with van der Waals surface area (Å²) in [5.41, 5.74) is 7.98. The van der Waals surface area contributed by atoms with Crippen molar-refractivity contribution in [1.82, 2.24) is 9.55 Å². The van der Waals surface area contributed by atoms with Gasteiger partial charge in [-0.3, -0.25) is 0 Å². The van der Waals surface area contributed by atoms with Crippen molar-refractivity contribution >= 4 is 32.9 Å². The van der Waals surface area contributed by atoms with Crippen molar-refractivity contribution in [2.45, 2.75) is 6.54 Å². The Bertz CT molecular complexity index is 734. The van der Waals surface area contributed by atoms with Crippen LogP contribution in [0.15, 0.2) is 46.9 Å². The summed E-state index contributed by atoms with van der Waals surface area (Å²) in [6.45, 7) is 0.569. The summed E-state index contributed by atoms with van der Waals surface area (Å²) in [6, 6.07) is 12.8. The summed E-state index contributed by atoms with van der Waals surface area (Å²) in [4.78, 5) is 4.08. The Hall–Kier alpha value is -1.88. The van der Waals surface area contributed by atoms with Crippen molar-refractivity contribution in [2.24, 2.45) is 0 Å². The van der Waals surface area contributed by atoms with Crippen molar-refractivity contribution in [3.05, 3.63) is 58.3 Å². The van der Waals surface area contributed by atoms with E-state index < -0.39 is 0 Å². The molecular weight excluding hydrogens is 309 g/mol. The molecule has 1 heterocycles. The number of hydrogen-bond donors (Lipinski definition) is 1. The van der Waals surface area contributed by atoms with Crippen LogP contribution in [-0.4, -0.2) is 9.55 Å². The van der Waals surface area contributed by atoms with E-state index >= 15 is 0 Å². The third kappa shape index (κ3) is 2.21. The lowest BCUT2D eigenvalue weighted by atomic mass is 10.2. The Labute approximate surface area is 118 Å². The van der Waals surface area contributed by atoms with Gasteiger partial charge in [0.15, 0.2) is 5.82 Å². The molecule has 19 heavy (non-hydrogen) atoms. The van der Waals surface area contributed by atoms with Gasteiger partial charge in [0, 0.05) is 4.47 Å². The lowest BCUT2D eigenvalue weighted by Crippen LogP contribution is -2.04. The van der Waals surface area contributed by atoms with Gasteiger partial charge in [-0.05, 0) is 29.8 Å². The molecule has 2 aromatic carbocycles. The minimum Gasteiger partial charge on any atom is -0.369 e. The molecule has 0 amide bonds. The maximum Gasteiger partial charge on any atom is 0.201 e. The van der Waals surface area contributed by atoms with Crippen LogP contribution in [0.25, 0.3) is 11.0 Å². The molecule has 0 unspecified atom stereocenters. The van der Waals surface area contributed by atoms with E-state index in [0.29, 0.717) is 23.5 Å². The Balaban J connectivity index is 2.07. The number of benzene rings is 2. The number of anilines is 1. The van der Waals surface area contributed by atoms with Gasteiger partial charge in [-0.1, -0.05) is 34.1 Å². The molecule has 0 spiro atoms. The first-order valence-corrected chi connectivity index (χ1v) is 6.59. The molecule has 0 atom stereocenters. The predicted octanol–water partition coefficient (Wildman–Crippen LogP) is 3.57. The fourth-order valence-corrected chi connectivity index (χ4v) is 2.33. The van der Waals surface area contributed by atoms with E-state index in [1.165, 1.54) is 6.07 Å². The van der Waals surface area contributed by atoms with Crippen molar-refractivity contribution in [3.8, 4) is 0 Å². The van der Waals surface area contributed by atoms with Crippen molar-refractivity contribution in [1.29, 1.82) is 0 Å². The average molecular weight is 320 g/mol. The van der Waals surface area contributed by atoms with Gasteiger partial charge in [-0.15, -0.1) is 0 Å². The van der Waals surface area contributed by atoms with Gasteiger partial charge in [0.25, 0.3) is 0 Å². The van der Waals surface area contributed by atoms with Crippen LogP contribution in [0.4, 0.5) is 10.3 Å². The maximum atomic E-state index is 13.6. The van der Waals surface area contributed by atoms with Gasteiger partial charge in [-0.25, -0.2) is 9.37 Å². The van der Waals surface area contributed by atoms with Crippen LogP contribution in [0.1, 0.15) is 5.56 Å². The topological polar surface area (TPSA) is 43.8 Å². The number of para-hydroxylation sites is 1. The lowest BCUT2D eigenvalue weighted by Gasteiger charge is -2.06. The molecule has 0 aliphatic heterocycles. The van der Waals surface area contributed by atoms with Crippen LogP contribution in [-0.2, 0) is 6.54 Å². The molecular formula is C14H11BrFN3. The molecule has 0 aliphatic carbocycles. The highest BCUT2D eigenvalue weighted by molar-refractivity contribution is 9.10. The molecule has 0 fully saturated rings. The smallest absolute Gasteiger partial charge is 0.201 e. The molecule has 0 aliphatic rings. The average Bonchev–Trinajstić information content (AvgIpc) is 2.71. The first kappa shape index (κ1) is 12.2. The number of halogens is 2. The predicted molar refractivity (Wildman–Crippen MR) is 77.3 cm³/mol. The maximum absolute atomic E-state index is 13.6. The number of nitrogens with zero attached hydrogens (tertiary/aromatic N) is 2. The standard InChI is InChI=1S/C14H11BrFN3/c15-10-6-4-9(5-7-10)8-19-12-3-1-2-11(16)13(12)18-14(19)17/h1-7H,8H2,(H2,17,18). The van der Waals surface area contributed by atoms with E-state index in [-0.39, 0.29) is 5.82 Å². The highest BCUT2D eigenvalue weighted by Crippen LogP contribution is 2.22. The van der Waals surface area contributed by atoms with E-state index in [2.05, 4.69) is 20.9 Å². The fraction of sp³-hybridized carbons (Fsp3) is 0.0714. The van der Waals surface area contributed by atoms with E-state index in [1.807, 2.05) is 34.9 Å². The van der Waals surface area contributed by atoms with Crippen LogP contribution in [0.5, 0.6) is 0 Å². The van der Waals surface area contributed by atoms with Gasteiger partial charge < -0.3 is 10.3 Å². The van der Waals surface area contributed by atoms with E-state index in [0.717, 1.165) is 10.0 Å². The minimum atomic E-state index is -0.348. The van der Waals surface area contributed by atoms with E-state index in [4.69, 9.17) is 5.73 Å². The molecule has 5 heteroatoms. The first-order chi connectivity index (χ1) is 9.15. The van der Waals surface area contributed by atoms with Gasteiger partial charge >= 0.3 is 0 Å². The van der Waals surface area contributed by atoms with E-state index in [1.54, 1.807) is 6.07 Å². The SMILES string of the molecule is Nc1nc2c(F)cccc2n1Cc1ccc(Br)cc1. The number of fused-ring (bicyclic) bond motifs is 1. The number of nitrogen functional groups attached to an aromatic ring is 1. The molecule has 3 aromatic rings. The lowest BCUT2D eigenvalue weighted by molar-refractivity contribution is 0.637. The number of aromatic nitrogens is 2. The second kappa shape index (κ2) is 4.66. The zero-order valence-corrected chi connectivity index (χ0v) is 11.6. The second-order valence-corrected chi connectivity index (χ2v) is 5.21. The van der Waals surface area contributed by atoms with E-state index in [9.17, 15) is 4.39 Å². The van der Waals surface area contributed by atoms with Crippen molar-refractivity contribution in [3.63, 3.8) is 0 Å². The summed E-state index contributed by atoms with van der Waals surface area (Å²) in [5, 5.41) is 0. The Morgan fingerprint density at radius 3 is 2.63 bits per heavy atom. The quantitative estimate of drug-likeness (QED) is 0.784. The molecule has 3 rings (SSSR count). The van der Waals surface area contributed by atoms with Crippen molar-refractivity contribution in [2.75, 3.05) is 5.73 Å². The van der Waals surface area contributed by atoms with Crippen LogP contribution < -0.4 is 5.73 Å². The third-order valence-electron chi connectivity index (χ3n) is 3.01. The number of nitrogens with two attached hydrogens (primary N) is 1. The summed E-state index contributed by atoms with van der Waals surface area (Å²) in [5.74, 6) is -0.0261.